The highest BCUT2D eigenvalue weighted by Gasteiger charge is 2.32. The van der Waals surface area contributed by atoms with Crippen LogP contribution in [0.4, 0.5) is 21.0 Å². The van der Waals surface area contributed by atoms with Gasteiger partial charge in [0.15, 0.2) is 0 Å². The quantitative estimate of drug-likeness (QED) is 0.480. The van der Waals surface area contributed by atoms with Crippen LogP contribution in [0.2, 0.25) is 0 Å². The molecule has 2 N–H and O–H groups in total. The van der Waals surface area contributed by atoms with E-state index in [0.717, 1.165) is 5.69 Å². The summed E-state index contributed by atoms with van der Waals surface area (Å²) < 4.78 is 5.32. The second kappa shape index (κ2) is 8.83. The maximum atomic E-state index is 12.2. The lowest BCUT2D eigenvalue weighted by atomic mass is 10.2. The van der Waals surface area contributed by atoms with Crippen molar-refractivity contribution in [3.8, 4) is 0 Å². The number of hydrogen-bond acceptors (Lipinski definition) is 7. The first-order chi connectivity index (χ1) is 13.5. The van der Waals surface area contributed by atoms with Gasteiger partial charge in [0.1, 0.15) is 12.4 Å². The van der Waals surface area contributed by atoms with Gasteiger partial charge in [0.2, 0.25) is 6.41 Å². The van der Waals surface area contributed by atoms with E-state index in [1.54, 1.807) is 18.5 Å². The van der Waals surface area contributed by atoms with Gasteiger partial charge >= 0.3 is 12.1 Å². The molecule has 1 aromatic rings. The number of anilines is 2. The Hall–Kier alpha value is -2.95. The smallest absolute Gasteiger partial charge is 0.414 e. The average Bonchev–Trinajstić information content (AvgIpc) is 3.07. The average molecular weight is 406 g/mol. The van der Waals surface area contributed by atoms with Crippen LogP contribution in [0, 0.1) is 0 Å². The molecule has 1 aromatic carbocycles. The van der Waals surface area contributed by atoms with Gasteiger partial charge in [-0.05, 0) is 25.1 Å². The Labute approximate surface area is 167 Å². The van der Waals surface area contributed by atoms with E-state index >= 15 is 0 Å². The minimum absolute atomic E-state index is 0.233. The zero-order valence-corrected chi connectivity index (χ0v) is 16.3. The molecule has 3 rings (SSSR count). The van der Waals surface area contributed by atoms with Crippen LogP contribution in [0.5, 0.6) is 0 Å². The summed E-state index contributed by atoms with van der Waals surface area (Å²) in [6.45, 7) is 3.98. The van der Waals surface area contributed by atoms with Gasteiger partial charge in [-0.15, -0.1) is 12.6 Å². The number of nitrogens with zero attached hydrogens (tertiary/aromatic N) is 4. The van der Waals surface area contributed by atoms with Crippen molar-refractivity contribution in [1.82, 2.24) is 15.6 Å². The lowest BCUT2D eigenvalue weighted by Crippen LogP contribution is -2.40. The standard InChI is InChI=1S/C17H22N6O4S/c1-2-18-16(25)19-8-13-9-23(17(26)27-13)12-3-4-14(15(28)7-12)21-5-6-22(11-24)20-10-21/h3-4,7,10-11,13,28H,2,5-6,8-9H2,1H3,(H2,18,19,25)/t13-/m0/s1. The van der Waals surface area contributed by atoms with Gasteiger partial charge in [0.05, 0.1) is 25.3 Å². The Bertz CT molecular complexity index is 789. The van der Waals surface area contributed by atoms with Gasteiger partial charge in [0.25, 0.3) is 0 Å². The number of nitrogens with one attached hydrogen (secondary N) is 2. The van der Waals surface area contributed by atoms with E-state index in [-0.39, 0.29) is 12.6 Å². The fourth-order valence-corrected chi connectivity index (χ4v) is 3.24. The van der Waals surface area contributed by atoms with Gasteiger partial charge in [-0.1, -0.05) is 0 Å². The predicted octanol–water partition coefficient (Wildman–Crippen LogP) is 0.841. The van der Waals surface area contributed by atoms with Crippen LogP contribution >= 0.6 is 12.6 Å². The van der Waals surface area contributed by atoms with Crippen LogP contribution in [0.1, 0.15) is 6.92 Å². The number of ether oxygens (including phenoxy) is 1. The number of cyclic esters (lactones) is 1. The molecule has 0 radical (unpaired) electrons. The maximum Gasteiger partial charge on any atom is 0.414 e. The highest BCUT2D eigenvalue weighted by Crippen LogP contribution is 2.31. The van der Waals surface area contributed by atoms with Gasteiger partial charge < -0.3 is 20.3 Å². The van der Waals surface area contributed by atoms with Gasteiger partial charge in [-0.2, -0.15) is 5.10 Å². The van der Waals surface area contributed by atoms with E-state index in [4.69, 9.17) is 4.74 Å². The lowest BCUT2D eigenvalue weighted by molar-refractivity contribution is -0.118. The predicted molar refractivity (Wildman–Crippen MR) is 107 cm³/mol. The number of amides is 4. The van der Waals surface area contributed by atoms with Crippen LogP contribution < -0.4 is 20.4 Å². The molecule has 0 saturated carbocycles. The molecule has 0 bridgehead atoms. The Balaban J connectivity index is 1.64. The van der Waals surface area contributed by atoms with Gasteiger partial charge in [0, 0.05) is 23.7 Å². The summed E-state index contributed by atoms with van der Waals surface area (Å²) in [5, 5.41) is 10.6. The summed E-state index contributed by atoms with van der Waals surface area (Å²) >= 11 is 4.53. The SMILES string of the molecule is CCNC(=O)NC[C@H]1CN(c2ccc(N3C=NN(C=O)CC3)c(S)c2)C(=O)O1. The number of carbonyl (C=O) groups is 3. The first kappa shape index (κ1) is 19.8. The lowest BCUT2D eigenvalue weighted by Gasteiger charge is -2.28. The molecule has 28 heavy (non-hydrogen) atoms. The Morgan fingerprint density at radius 1 is 1.39 bits per heavy atom. The second-order valence-electron chi connectivity index (χ2n) is 6.22. The summed E-state index contributed by atoms with van der Waals surface area (Å²) in [5.41, 5.74) is 1.48. The summed E-state index contributed by atoms with van der Waals surface area (Å²) in [6.07, 6.45) is 1.35. The van der Waals surface area contributed by atoms with E-state index < -0.39 is 12.2 Å². The number of thiol groups is 1. The molecule has 10 nitrogen and oxygen atoms in total. The molecule has 0 aromatic heterocycles. The van der Waals surface area contributed by atoms with Crippen molar-refractivity contribution in [2.75, 3.05) is 42.5 Å². The zero-order valence-electron chi connectivity index (χ0n) is 15.4. The second-order valence-corrected chi connectivity index (χ2v) is 6.70. The van der Waals surface area contributed by atoms with E-state index in [1.165, 1.54) is 9.91 Å². The Morgan fingerprint density at radius 3 is 2.86 bits per heavy atom. The molecule has 2 heterocycles. The summed E-state index contributed by atoms with van der Waals surface area (Å²) in [4.78, 5) is 38.5. The van der Waals surface area contributed by atoms with Crippen molar-refractivity contribution in [3.63, 3.8) is 0 Å². The summed E-state index contributed by atoms with van der Waals surface area (Å²) in [5.74, 6) is 0. The minimum atomic E-state index is -0.468. The third-order valence-corrected chi connectivity index (χ3v) is 4.67. The van der Waals surface area contributed by atoms with E-state index in [0.29, 0.717) is 43.2 Å². The van der Waals surface area contributed by atoms with Crippen LogP contribution in [-0.2, 0) is 9.53 Å². The molecule has 2 aliphatic rings. The highest BCUT2D eigenvalue weighted by molar-refractivity contribution is 7.80. The van der Waals surface area contributed by atoms with Crippen LogP contribution in [0.3, 0.4) is 0 Å². The highest BCUT2D eigenvalue weighted by atomic mass is 32.1. The number of hydrogen-bond donors (Lipinski definition) is 3. The first-order valence-corrected chi connectivity index (χ1v) is 9.32. The van der Waals surface area contributed by atoms with E-state index in [2.05, 4.69) is 28.4 Å². The Kier molecular flexibility index (Phi) is 6.24. The van der Waals surface area contributed by atoms with Crippen molar-refractivity contribution >= 4 is 48.9 Å². The molecule has 2 aliphatic heterocycles. The largest absolute Gasteiger partial charge is 0.442 e. The van der Waals surface area contributed by atoms with Gasteiger partial charge in [-0.25, -0.2) is 14.6 Å². The molecule has 0 aliphatic carbocycles. The number of rotatable bonds is 6. The number of hydrazone groups is 1. The van der Waals surface area contributed by atoms with Crippen molar-refractivity contribution in [2.24, 2.45) is 5.10 Å². The van der Waals surface area contributed by atoms with Crippen molar-refractivity contribution in [1.29, 1.82) is 0 Å². The zero-order chi connectivity index (χ0) is 20.1. The topological polar surface area (TPSA) is 107 Å². The normalized spacial score (nSPS) is 18.9. The number of urea groups is 1. The van der Waals surface area contributed by atoms with E-state index in [1.807, 2.05) is 17.9 Å². The van der Waals surface area contributed by atoms with Crippen LogP contribution in [0.25, 0.3) is 0 Å². The molecule has 1 saturated heterocycles. The van der Waals surface area contributed by atoms with Crippen molar-refractivity contribution in [3.05, 3.63) is 18.2 Å². The molecule has 11 heteroatoms. The third-order valence-electron chi connectivity index (χ3n) is 4.31. The van der Waals surface area contributed by atoms with Crippen LogP contribution in [0.15, 0.2) is 28.2 Å². The minimum Gasteiger partial charge on any atom is -0.442 e. The van der Waals surface area contributed by atoms with Gasteiger partial charge in [-0.3, -0.25) is 9.69 Å². The van der Waals surface area contributed by atoms with Crippen molar-refractivity contribution < 1.29 is 19.1 Å². The molecule has 150 valence electrons. The third kappa shape index (κ3) is 4.47. The first-order valence-electron chi connectivity index (χ1n) is 8.87. The molecule has 0 spiro atoms. The molecule has 1 atom stereocenters. The molecule has 4 amide bonds. The van der Waals surface area contributed by atoms with Crippen molar-refractivity contribution in [2.45, 2.75) is 17.9 Å². The molecule has 1 fully saturated rings. The van der Waals surface area contributed by atoms with Crippen LogP contribution in [-0.4, -0.2) is 68.7 Å². The molecular weight excluding hydrogens is 384 g/mol. The summed E-state index contributed by atoms with van der Waals surface area (Å²) in [7, 11) is 0. The van der Waals surface area contributed by atoms with E-state index in [9.17, 15) is 14.4 Å². The monoisotopic (exact) mass is 406 g/mol. The number of benzene rings is 1. The summed E-state index contributed by atoms with van der Waals surface area (Å²) in [6, 6.07) is 5.12. The molecule has 0 unspecified atom stereocenters. The fourth-order valence-electron chi connectivity index (χ4n) is 2.91. The molecular formula is C17H22N6O4S. The fraction of sp³-hybridized carbons (Fsp3) is 0.412. The maximum absolute atomic E-state index is 12.2. The number of carbonyl (C=O) groups excluding carboxylic acids is 3. The Morgan fingerprint density at radius 2 is 2.21 bits per heavy atom.